The van der Waals surface area contributed by atoms with Gasteiger partial charge in [0.2, 0.25) is 0 Å². The molecule has 1 saturated heterocycles. The van der Waals surface area contributed by atoms with E-state index < -0.39 is 17.7 Å². The Bertz CT molecular complexity index is 1160. The molecule has 0 aliphatic carbocycles. The quantitative estimate of drug-likeness (QED) is 0.237. The van der Waals surface area contributed by atoms with Crippen LogP contribution >= 0.6 is 11.6 Å². The first-order chi connectivity index (χ1) is 17.8. The molecule has 1 aliphatic rings. The summed E-state index contributed by atoms with van der Waals surface area (Å²) < 4.78 is 16.6. The van der Waals surface area contributed by atoms with E-state index in [9.17, 15) is 14.7 Å². The normalized spacial score (nSPS) is 16.9. The van der Waals surface area contributed by atoms with Gasteiger partial charge < -0.3 is 29.1 Å². The standard InChI is InChI=1S/C28H35ClN2O6/c1-6-30(7-2)15-10-16-31-24(19-11-9-12-22(35-4)27(19)36-5)23(26(33)28(31)34)25(32)18-13-14-21(37-8-3)20(29)17-18/h9,11-14,17,24,32H,6-8,10,15-16H2,1-5H3. The number of amides is 1. The molecule has 200 valence electrons. The molecule has 1 fully saturated rings. The molecule has 37 heavy (non-hydrogen) atoms. The lowest BCUT2D eigenvalue weighted by atomic mass is 9.94. The maximum absolute atomic E-state index is 13.4. The van der Waals surface area contributed by atoms with Crippen molar-refractivity contribution in [1.29, 1.82) is 0 Å². The fourth-order valence-electron chi connectivity index (χ4n) is 4.64. The molecular formula is C28H35ClN2O6. The Balaban J connectivity index is 2.14. The van der Waals surface area contributed by atoms with E-state index >= 15 is 0 Å². The highest BCUT2D eigenvalue weighted by atomic mass is 35.5. The van der Waals surface area contributed by atoms with E-state index in [1.54, 1.807) is 30.3 Å². The molecule has 1 heterocycles. The summed E-state index contributed by atoms with van der Waals surface area (Å²) >= 11 is 6.36. The van der Waals surface area contributed by atoms with Gasteiger partial charge in [-0.3, -0.25) is 9.59 Å². The number of aliphatic hydroxyl groups is 1. The minimum absolute atomic E-state index is 0.0281. The largest absolute Gasteiger partial charge is 0.507 e. The summed E-state index contributed by atoms with van der Waals surface area (Å²) in [5.41, 5.74) is 0.823. The minimum Gasteiger partial charge on any atom is -0.507 e. The van der Waals surface area contributed by atoms with Crippen molar-refractivity contribution >= 4 is 29.1 Å². The molecule has 2 aromatic carbocycles. The second-order valence-electron chi connectivity index (χ2n) is 8.53. The Morgan fingerprint density at radius 1 is 1.05 bits per heavy atom. The number of ketones is 1. The van der Waals surface area contributed by atoms with Gasteiger partial charge >= 0.3 is 0 Å². The first-order valence-electron chi connectivity index (χ1n) is 12.5. The summed E-state index contributed by atoms with van der Waals surface area (Å²) in [4.78, 5) is 30.4. The lowest BCUT2D eigenvalue weighted by Crippen LogP contribution is -2.33. The molecule has 1 N–H and O–H groups in total. The highest BCUT2D eigenvalue weighted by Crippen LogP contribution is 2.45. The van der Waals surface area contributed by atoms with Crippen LogP contribution in [0, 0.1) is 0 Å². The van der Waals surface area contributed by atoms with Gasteiger partial charge in [-0.15, -0.1) is 0 Å². The molecule has 9 heteroatoms. The summed E-state index contributed by atoms with van der Waals surface area (Å²) in [7, 11) is 3.02. The zero-order valence-electron chi connectivity index (χ0n) is 22.0. The summed E-state index contributed by atoms with van der Waals surface area (Å²) in [6.07, 6.45) is 0.659. The van der Waals surface area contributed by atoms with Crippen molar-refractivity contribution in [3.8, 4) is 17.2 Å². The molecule has 0 radical (unpaired) electrons. The summed E-state index contributed by atoms with van der Waals surface area (Å²) in [5, 5.41) is 11.7. The van der Waals surface area contributed by atoms with E-state index in [-0.39, 0.29) is 16.4 Å². The Hall–Kier alpha value is -3.23. The molecule has 1 aliphatic heterocycles. The minimum atomic E-state index is -0.868. The number of hydrogen-bond donors (Lipinski definition) is 1. The smallest absolute Gasteiger partial charge is 0.295 e. The van der Waals surface area contributed by atoms with Gasteiger partial charge in [-0.1, -0.05) is 37.6 Å². The summed E-state index contributed by atoms with van der Waals surface area (Å²) in [6, 6.07) is 9.17. The molecular weight excluding hydrogens is 496 g/mol. The number of methoxy groups -OCH3 is 2. The predicted molar refractivity (Wildman–Crippen MR) is 144 cm³/mol. The molecule has 1 unspecified atom stereocenters. The van der Waals surface area contributed by atoms with Gasteiger partial charge in [-0.05, 0) is 57.2 Å². The zero-order valence-corrected chi connectivity index (χ0v) is 22.8. The Labute approximate surface area is 223 Å². The highest BCUT2D eigenvalue weighted by Gasteiger charge is 2.47. The number of nitrogens with zero attached hydrogens (tertiary/aromatic N) is 2. The van der Waals surface area contributed by atoms with E-state index in [1.165, 1.54) is 25.2 Å². The van der Waals surface area contributed by atoms with E-state index in [0.717, 1.165) is 19.6 Å². The van der Waals surface area contributed by atoms with E-state index in [2.05, 4.69) is 18.7 Å². The number of ether oxygens (including phenoxy) is 3. The van der Waals surface area contributed by atoms with Crippen LogP contribution in [-0.4, -0.2) is 73.6 Å². The van der Waals surface area contributed by atoms with Gasteiger partial charge in [-0.2, -0.15) is 0 Å². The number of para-hydroxylation sites is 1. The van der Waals surface area contributed by atoms with Crippen molar-refractivity contribution in [2.75, 3.05) is 47.0 Å². The number of hydrogen-bond acceptors (Lipinski definition) is 7. The van der Waals surface area contributed by atoms with Crippen LogP contribution < -0.4 is 14.2 Å². The molecule has 1 amide bonds. The van der Waals surface area contributed by atoms with Gasteiger partial charge in [0.05, 0.1) is 37.5 Å². The average Bonchev–Trinajstić information content (AvgIpc) is 3.16. The van der Waals surface area contributed by atoms with Gasteiger partial charge in [0.1, 0.15) is 11.5 Å². The third kappa shape index (κ3) is 5.86. The maximum Gasteiger partial charge on any atom is 0.295 e. The third-order valence-electron chi connectivity index (χ3n) is 6.54. The first kappa shape index (κ1) is 28.3. The van der Waals surface area contributed by atoms with Gasteiger partial charge in [-0.25, -0.2) is 0 Å². The summed E-state index contributed by atoms with van der Waals surface area (Å²) in [6.45, 7) is 9.31. The van der Waals surface area contributed by atoms with Crippen LogP contribution in [0.4, 0.5) is 0 Å². The maximum atomic E-state index is 13.4. The van der Waals surface area contributed by atoms with Gasteiger partial charge in [0.15, 0.2) is 11.5 Å². The lowest BCUT2D eigenvalue weighted by molar-refractivity contribution is -0.140. The van der Waals surface area contributed by atoms with Crippen molar-refractivity contribution < 1.29 is 28.9 Å². The van der Waals surface area contributed by atoms with Gasteiger partial charge in [0, 0.05) is 17.7 Å². The Kier molecular flexibility index (Phi) is 9.83. The fourth-order valence-corrected chi connectivity index (χ4v) is 4.88. The zero-order chi connectivity index (χ0) is 27.1. The number of benzene rings is 2. The van der Waals surface area contributed by atoms with Crippen LogP contribution in [0.2, 0.25) is 5.02 Å². The Morgan fingerprint density at radius 2 is 1.78 bits per heavy atom. The SMILES string of the molecule is CCOc1ccc(C(O)=C2C(=O)C(=O)N(CCCN(CC)CC)C2c2cccc(OC)c2OC)cc1Cl. The number of likely N-dealkylation sites (tertiary alicyclic amines) is 1. The number of carbonyl (C=O) groups excluding carboxylic acids is 2. The van der Waals surface area contributed by atoms with E-state index in [1.807, 2.05) is 6.92 Å². The van der Waals surface area contributed by atoms with Crippen LogP contribution in [0.3, 0.4) is 0 Å². The van der Waals surface area contributed by atoms with Crippen molar-refractivity contribution in [2.45, 2.75) is 33.2 Å². The molecule has 0 bridgehead atoms. The van der Waals surface area contributed by atoms with Crippen molar-refractivity contribution in [1.82, 2.24) is 9.80 Å². The monoisotopic (exact) mass is 530 g/mol. The second-order valence-corrected chi connectivity index (χ2v) is 8.94. The van der Waals surface area contributed by atoms with Crippen LogP contribution in [0.25, 0.3) is 5.76 Å². The molecule has 0 saturated carbocycles. The molecule has 2 aromatic rings. The third-order valence-corrected chi connectivity index (χ3v) is 6.84. The van der Waals surface area contributed by atoms with E-state index in [0.29, 0.717) is 47.9 Å². The van der Waals surface area contributed by atoms with Crippen molar-refractivity contribution in [3.63, 3.8) is 0 Å². The van der Waals surface area contributed by atoms with Crippen LogP contribution in [-0.2, 0) is 9.59 Å². The number of halogens is 1. The second kappa shape index (κ2) is 12.8. The van der Waals surface area contributed by atoms with Crippen LogP contribution in [0.1, 0.15) is 44.4 Å². The first-order valence-corrected chi connectivity index (χ1v) is 12.8. The number of aliphatic hydroxyl groups excluding tert-OH is 1. The Morgan fingerprint density at radius 3 is 2.38 bits per heavy atom. The number of Topliss-reactive ketones (excluding diaryl/α,β-unsaturated/α-hetero) is 1. The summed E-state index contributed by atoms with van der Waals surface area (Å²) in [5.74, 6) is -0.444. The lowest BCUT2D eigenvalue weighted by Gasteiger charge is -2.28. The number of rotatable bonds is 12. The highest BCUT2D eigenvalue weighted by molar-refractivity contribution is 6.46. The van der Waals surface area contributed by atoms with Crippen LogP contribution in [0.5, 0.6) is 17.2 Å². The van der Waals surface area contributed by atoms with Crippen molar-refractivity contribution in [3.05, 3.63) is 58.1 Å². The van der Waals surface area contributed by atoms with E-state index in [4.69, 9.17) is 25.8 Å². The number of carbonyl (C=O) groups is 2. The average molecular weight is 531 g/mol. The molecule has 1 atom stereocenters. The topological polar surface area (TPSA) is 88.5 Å². The van der Waals surface area contributed by atoms with Gasteiger partial charge in [0.25, 0.3) is 11.7 Å². The molecule has 3 rings (SSSR count). The molecule has 8 nitrogen and oxygen atoms in total. The van der Waals surface area contributed by atoms with Crippen LogP contribution in [0.15, 0.2) is 42.0 Å². The molecule has 0 aromatic heterocycles. The fraction of sp³-hybridized carbons (Fsp3) is 0.429. The molecule has 0 spiro atoms. The predicted octanol–water partition coefficient (Wildman–Crippen LogP) is 4.91. The van der Waals surface area contributed by atoms with Crippen molar-refractivity contribution in [2.24, 2.45) is 0 Å².